The van der Waals surface area contributed by atoms with Gasteiger partial charge < -0.3 is 10.2 Å². The normalized spacial score (nSPS) is 11.6. The zero-order valence-corrected chi connectivity index (χ0v) is 15.2. The van der Waals surface area contributed by atoms with Crippen LogP contribution in [0.5, 0.6) is 0 Å². The van der Waals surface area contributed by atoms with E-state index in [1.807, 2.05) is 0 Å². The Morgan fingerprint density at radius 1 is 0.947 bits per heavy atom. The quantitative estimate of drug-likeness (QED) is 0.445. The summed E-state index contributed by atoms with van der Waals surface area (Å²) in [5.74, 6) is -1.19. The number of unbranched alkanes of at least 4 members (excludes halogenated alkanes) is 9. The number of aliphatic carboxylic acids is 1. The molecule has 1 atom stereocenters. The molecule has 0 amide bonds. The molecular formula is C15H31NaO3. The topological polar surface area (TPSA) is 57.5 Å². The Hall–Kier alpha value is 0.430. The molecule has 0 heterocycles. The Kier molecular flexibility index (Phi) is 21.1. The molecule has 3 nitrogen and oxygen atoms in total. The van der Waals surface area contributed by atoms with Crippen molar-refractivity contribution in [1.29, 1.82) is 0 Å². The third kappa shape index (κ3) is 23.9. The Balaban J connectivity index is 0. The number of carbonyl (C=O) groups is 1. The van der Waals surface area contributed by atoms with Crippen LogP contribution >= 0.6 is 0 Å². The monoisotopic (exact) mass is 282 g/mol. The van der Waals surface area contributed by atoms with Gasteiger partial charge in [0.2, 0.25) is 0 Å². The van der Waals surface area contributed by atoms with Crippen LogP contribution in [0.1, 0.15) is 78.1 Å². The average molecular weight is 282 g/mol. The van der Waals surface area contributed by atoms with Crippen LogP contribution in [0.3, 0.4) is 0 Å². The molecule has 2 N–H and O–H groups in total. The van der Waals surface area contributed by atoms with Gasteiger partial charge in [-0.15, -0.1) is 0 Å². The van der Waals surface area contributed by atoms with Crippen molar-refractivity contribution in [2.24, 2.45) is 0 Å². The minimum absolute atomic E-state index is 1.19. The third-order valence-corrected chi connectivity index (χ3v) is 3.77. The molecule has 0 aromatic heterocycles. The first-order valence-corrected chi connectivity index (χ1v) is 9.38. The molecule has 4 heteroatoms. The first-order chi connectivity index (χ1) is 9.06. The molecule has 0 spiro atoms. The second-order valence-electron chi connectivity index (χ2n) is 5.20. The Bertz CT molecular complexity index is 174. The number of aliphatic hydroxyl groups excluding tert-OH is 1. The van der Waals surface area contributed by atoms with Crippen molar-refractivity contribution in [3.8, 4) is 0 Å². The molecule has 1 unspecified atom stereocenters. The fourth-order valence-electron chi connectivity index (χ4n) is 1.74. The van der Waals surface area contributed by atoms with Crippen molar-refractivity contribution in [1.82, 2.24) is 0 Å². The summed E-state index contributed by atoms with van der Waals surface area (Å²) in [5.41, 5.74) is 0. The standard InChI is InChI=1S/C12H25.C3H6O3.Na/c1-3-5-7-9-11-12-10-8-6-4-2;1-2(4)3(5)6;/h1,3-12H2,2H3;2,4H,1H3,(H,5,6);. The summed E-state index contributed by atoms with van der Waals surface area (Å²) < 4.78 is 1.51. The Labute approximate surface area is 136 Å². The summed E-state index contributed by atoms with van der Waals surface area (Å²) in [5, 5.41) is 15.8. The van der Waals surface area contributed by atoms with Gasteiger partial charge in [0.05, 0.1) is 0 Å². The number of carboxylic acid groups (broad SMARTS) is 1. The zero-order valence-electron chi connectivity index (χ0n) is 13.2. The molecule has 0 aliphatic heterocycles. The van der Waals surface area contributed by atoms with Crippen molar-refractivity contribution >= 4 is 33.9 Å². The van der Waals surface area contributed by atoms with Gasteiger partial charge in [0.15, 0.2) is 0 Å². The van der Waals surface area contributed by atoms with E-state index in [4.69, 9.17) is 10.2 Å². The van der Waals surface area contributed by atoms with Gasteiger partial charge in [-0.3, -0.25) is 0 Å². The van der Waals surface area contributed by atoms with E-state index in [0.717, 1.165) is 0 Å². The van der Waals surface area contributed by atoms with Gasteiger partial charge in [0.1, 0.15) is 6.10 Å². The van der Waals surface area contributed by atoms with Gasteiger partial charge in [-0.1, -0.05) is 0 Å². The Morgan fingerprint density at radius 2 is 1.26 bits per heavy atom. The number of rotatable bonds is 11. The van der Waals surface area contributed by atoms with Gasteiger partial charge >= 0.3 is 109 Å². The number of carboxylic acids is 1. The van der Waals surface area contributed by atoms with Crippen molar-refractivity contribution in [2.75, 3.05) is 0 Å². The van der Waals surface area contributed by atoms with Crippen molar-refractivity contribution in [3.05, 3.63) is 0 Å². The van der Waals surface area contributed by atoms with Gasteiger partial charge in [-0.25, -0.2) is 4.79 Å². The molecule has 0 bridgehead atoms. The van der Waals surface area contributed by atoms with E-state index < -0.39 is 12.1 Å². The minimum atomic E-state index is -1.23. The maximum absolute atomic E-state index is 9.45. The molecule has 0 aliphatic carbocycles. The predicted molar refractivity (Wildman–Crippen MR) is 81.7 cm³/mol. The van der Waals surface area contributed by atoms with Crippen LogP contribution < -0.4 is 0 Å². The van der Waals surface area contributed by atoms with Crippen LogP contribution in [0.15, 0.2) is 0 Å². The van der Waals surface area contributed by atoms with E-state index in [-0.39, 0.29) is 0 Å². The Morgan fingerprint density at radius 3 is 1.53 bits per heavy atom. The molecule has 0 radical (unpaired) electrons. The maximum atomic E-state index is 9.45. The summed E-state index contributed by atoms with van der Waals surface area (Å²) in [6, 6.07) is 0. The van der Waals surface area contributed by atoms with E-state index >= 15 is 0 Å². The molecule has 110 valence electrons. The second-order valence-corrected chi connectivity index (χ2v) is 6.20. The first-order valence-electron chi connectivity index (χ1n) is 7.97. The molecule has 19 heavy (non-hydrogen) atoms. The summed E-state index contributed by atoms with van der Waals surface area (Å²) in [4.78, 5) is 9.45. The van der Waals surface area contributed by atoms with E-state index in [2.05, 4.69) is 6.92 Å². The van der Waals surface area contributed by atoms with Crippen molar-refractivity contribution < 1.29 is 15.0 Å². The fraction of sp³-hybridized carbons (Fsp3) is 0.933. The molecule has 0 aliphatic rings. The molecular weight excluding hydrogens is 251 g/mol. The third-order valence-electron chi connectivity index (χ3n) is 3.06. The van der Waals surface area contributed by atoms with Crippen LogP contribution in [-0.2, 0) is 4.79 Å². The van der Waals surface area contributed by atoms with Crippen molar-refractivity contribution in [3.63, 3.8) is 0 Å². The van der Waals surface area contributed by atoms with Crippen LogP contribution in [0, 0.1) is 0 Å². The summed E-state index contributed by atoms with van der Waals surface area (Å²) in [7, 11) is 0. The van der Waals surface area contributed by atoms with E-state index in [0.29, 0.717) is 0 Å². The zero-order chi connectivity index (χ0) is 14.9. The average Bonchev–Trinajstić information content (AvgIpc) is 2.37. The number of aliphatic hydroxyl groups is 1. The van der Waals surface area contributed by atoms with Crippen LogP contribution in [-0.4, -0.2) is 50.2 Å². The molecule has 0 saturated heterocycles. The molecule has 0 saturated carbocycles. The summed E-state index contributed by atoms with van der Waals surface area (Å²) in [6.45, 7) is 3.48. The van der Waals surface area contributed by atoms with Crippen LogP contribution in [0.2, 0.25) is 3.67 Å². The molecule has 0 fully saturated rings. The predicted octanol–water partition coefficient (Wildman–Crippen LogP) is 3.95. The molecule has 0 aromatic rings. The van der Waals surface area contributed by atoms with Gasteiger partial charge in [-0.2, -0.15) is 0 Å². The van der Waals surface area contributed by atoms with Gasteiger partial charge in [-0.05, 0) is 6.92 Å². The molecule has 0 rings (SSSR count). The second kappa shape index (κ2) is 18.4. The van der Waals surface area contributed by atoms with E-state index in [1.54, 1.807) is 0 Å². The number of hydrogen-bond donors (Lipinski definition) is 2. The van der Waals surface area contributed by atoms with Crippen LogP contribution in [0.25, 0.3) is 0 Å². The van der Waals surface area contributed by atoms with Gasteiger partial charge in [0, 0.05) is 0 Å². The van der Waals surface area contributed by atoms with Crippen molar-refractivity contribution in [2.45, 2.75) is 87.8 Å². The van der Waals surface area contributed by atoms with Gasteiger partial charge in [0.25, 0.3) is 0 Å². The van der Waals surface area contributed by atoms with E-state index in [1.165, 1.54) is 103 Å². The number of hydrogen-bond acceptors (Lipinski definition) is 2. The summed E-state index contributed by atoms with van der Waals surface area (Å²) in [6.07, 6.45) is 13.5. The first kappa shape index (κ1) is 21.7. The SMILES string of the molecule is CC(O)C(=O)O.CCCCCCCCCCC[CH2][Na]. The van der Waals surface area contributed by atoms with Crippen LogP contribution in [0.4, 0.5) is 0 Å². The summed E-state index contributed by atoms with van der Waals surface area (Å²) >= 11 is 1.41. The van der Waals surface area contributed by atoms with E-state index in [9.17, 15) is 4.79 Å². The fourth-order valence-corrected chi connectivity index (χ4v) is 2.24. The molecule has 0 aromatic carbocycles.